The van der Waals surface area contributed by atoms with Crippen molar-refractivity contribution >= 4 is 54.5 Å². The first-order chi connectivity index (χ1) is 8.25. The van der Waals surface area contributed by atoms with Crippen LogP contribution in [-0.4, -0.2) is 5.78 Å². The minimum Gasteiger partial charge on any atom is -0.288 e. The summed E-state index contributed by atoms with van der Waals surface area (Å²) in [7, 11) is 0. The van der Waals surface area contributed by atoms with Gasteiger partial charge in [-0.2, -0.15) is 0 Å². The van der Waals surface area contributed by atoms with E-state index in [2.05, 4.69) is 15.9 Å². The van der Waals surface area contributed by atoms with Gasteiger partial charge in [-0.1, -0.05) is 12.1 Å². The standard InChI is InChI=1S/C13H7BrOS2/c14-9-6-11(17-7-9)12(15)10-3-1-2-8-4-5-16-13(8)10/h1-7H. The van der Waals surface area contributed by atoms with Crippen LogP contribution in [0.2, 0.25) is 0 Å². The van der Waals surface area contributed by atoms with Gasteiger partial charge >= 0.3 is 0 Å². The van der Waals surface area contributed by atoms with Gasteiger partial charge in [-0.15, -0.1) is 22.7 Å². The van der Waals surface area contributed by atoms with Crippen LogP contribution >= 0.6 is 38.6 Å². The average Bonchev–Trinajstić information content (AvgIpc) is 2.95. The second kappa shape index (κ2) is 4.37. The molecule has 0 fully saturated rings. The van der Waals surface area contributed by atoms with Crippen molar-refractivity contribution in [3.8, 4) is 0 Å². The highest BCUT2D eigenvalue weighted by atomic mass is 79.9. The monoisotopic (exact) mass is 322 g/mol. The molecule has 0 aliphatic rings. The Kier molecular flexibility index (Phi) is 2.86. The summed E-state index contributed by atoms with van der Waals surface area (Å²) in [6.45, 7) is 0. The lowest BCUT2D eigenvalue weighted by Crippen LogP contribution is -1.98. The van der Waals surface area contributed by atoms with Crippen LogP contribution in [0.4, 0.5) is 0 Å². The summed E-state index contributed by atoms with van der Waals surface area (Å²) in [6.07, 6.45) is 0. The van der Waals surface area contributed by atoms with Crippen LogP contribution in [-0.2, 0) is 0 Å². The van der Waals surface area contributed by atoms with E-state index in [0.29, 0.717) is 0 Å². The molecule has 1 aromatic carbocycles. The van der Waals surface area contributed by atoms with Gasteiger partial charge in [-0.3, -0.25) is 4.79 Å². The van der Waals surface area contributed by atoms with E-state index in [1.54, 1.807) is 11.3 Å². The lowest BCUT2D eigenvalue weighted by Gasteiger charge is -1.99. The Labute approximate surface area is 115 Å². The molecule has 0 bridgehead atoms. The normalized spacial score (nSPS) is 10.9. The van der Waals surface area contributed by atoms with Crippen molar-refractivity contribution in [1.29, 1.82) is 0 Å². The average molecular weight is 323 g/mol. The fourth-order valence-corrected chi connectivity index (χ4v) is 4.03. The predicted molar refractivity (Wildman–Crippen MR) is 77.3 cm³/mol. The number of benzene rings is 1. The number of carbonyl (C=O) groups excluding carboxylic acids is 1. The Balaban J connectivity index is 2.15. The Morgan fingerprint density at radius 2 is 2.06 bits per heavy atom. The summed E-state index contributed by atoms with van der Waals surface area (Å²) in [5.74, 6) is 0.105. The summed E-state index contributed by atoms with van der Waals surface area (Å²) in [6, 6.07) is 9.78. The second-order valence-corrected chi connectivity index (χ2v) is 6.35. The number of ketones is 1. The first kappa shape index (κ1) is 11.1. The Morgan fingerprint density at radius 1 is 1.18 bits per heavy atom. The fraction of sp³-hybridized carbons (Fsp3) is 0. The van der Waals surface area contributed by atoms with Gasteiger partial charge in [0.25, 0.3) is 0 Å². The molecule has 0 atom stereocenters. The summed E-state index contributed by atoms with van der Waals surface area (Å²) in [5, 5.41) is 5.09. The summed E-state index contributed by atoms with van der Waals surface area (Å²) >= 11 is 6.46. The topological polar surface area (TPSA) is 17.1 Å². The third kappa shape index (κ3) is 1.97. The molecular weight excluding hydrogens is 316 g/mol. The van der Waals surface area contributed by atoms with Crippen molar-refractivity contribution in [2.24, 2.45) is 0 Å². The van der Waals surface area contributed by atoms with Crippen LogP contribution in [0.15, 0.2) is 45.6 Å². The minimum atomic E-state index is 0.105. The van der Waals surface area contributed by atoms with Crippen molar-refractivity contribution in [2.45, 2.75) is 0 Å². The highest BCUT2D eigenvalue weighted by molar-refractivity contribution is 9.10. The Morgan fingerprint density at radius 3 is 2.82 bits per heavy atom. The van der Waals surface area contributed by atoms with E-state index in [1.165, 1.54) is 11.3 Å². The highest BCUT2D eigenvalue weighted by Crippen LogP contribution is 2.29. The quantitative estimate of drug-likeness (QED) is 0.610. The van der Waals surface area contributed by atoms with Crippen LogP contribution < -0.4 is 0 Å². The summed E-state index contributed by atoms with van der Waals surface area (Å²) < 4.78 is 2.03. The van der Waals surface area contributed by atoms with E-state index in [-0.39, 0.29) is 5.78 Å². The lowest BCUT2D eigenvalue weighted by atomic mass is 10.1. The van der Waals surface area contributed by atoms with Gasteiger partial charge in [-0.25, -0.2) is 0 Å². The SMILES string of the molecule is O=C(c1cc(Br)cs1)c1cccc2ccsc12. The number of fused-ring (bicyclic) bond motifs is 1. The molecule has 0 aliphatic heterocycles. The van der Waals surface area contributed by atoms with Crippen LogP contribution in [0.5, 0.6) is 0 Å². The third-order valence-corrected chi connectivity index (χ3v) is 5.17. The van der Waals surface area contributed by atoms with E-state index >= 15 is 0 Å². The van der Waals surface area contributed by atoms with Gasteiger partial charge in [0.05, 0.1) is 4.88 Å². The van der Waals surface area contributed by atoms with Crippen LogP contribution in [0.25, 0.3) is 10.1 Å². The number of hydrogen-bond donors (Lipinski definition) is 0. The third-order valence-electron chi connectivity index (χ3n) is 2.51. The number of carbonyl (C=O) groups is 1. The van der Waals surface area contributed by atoms with E-state index in [9.17, 15) is 4.79 Å². The number of thiophene rings is 2. The molecular formula is C13H7BrOS2. The van der Waals surface area contributed by atoms with E-state index in [0.717, 1.165) is 25.0 Å². The largest absolute Gasteiger partial charge is 0.288 e. The van der Waals surface area contributed by atoms with Crippen molar-refractivity contribution in [1.82, 2.24) is 0 Å². The smallest absolute Gasteiger partial charge is 0.204 e. The minimum absolute atomic E-state index is 0.105. The zero-order valence-corrected chi connectivity index (χ0v) is 11.9. The maximum atomic E-state index is 12.4. The van der Waals surface area contributed by atoms with Crippen molar-refractivity contribution in [2.75, 3.05) is 0 Å². The summed E-state index contributed by atoms with van der Waals surface area (Å²) in [4.78, 5) is 13.1. The number of halogens is 1. The van der Waals surface area contributed by atoms with Crippen molar-refractivity contribution in [3.05, 3.63) is 56.0 Å². The lowest BCUT2D eigenvalue weighted by molar-refractivity contribution is 0.104. The van der Waals surface area contributed by atoms with Crippen LogP contribution in [0.3, 0.4) is 0 Å². The molecule has 0 aliphatic carbocycles. The molecule has 2 heterocycles. The molecule has 4 heteroatoms. The highest BCUT2D eigenvalue weighted by Gasteiger charge is 2.14. The number of hydrogen-bond acceptors (Lipinski definition) is 3. The van der Waals surface area contributed by atoms with Gasteiger partial charge < -0.3 is 0 Å². The van der Waals surface area contributed by atoms with Gasteiger partial charge in [0.2, 0.25) is 5.78 Å². The fourth-order valence-electron chi connectivity index (χ4n) is 1.74. The molecule has 17 heavy (non-hydrogen) atoms. The molecule has 0 saturated carbocycles. The molecule has 0 amide bonds. The second-order valence-electron chi connectivity index (χ2n) is 3.60. The van der Waals surface area contributed by atoms with E-state index < -0.39 is 0 Å². The van der Waals surface area contributed by atoms with Gasteiger partial charge in [0, 0.05) is 20.1 Å². The van der Waals surface area contributed by atoms with E-state index in [1.807, 2.05) is 41.1 Å². The molecule has 0 unspecified atom stereocenters. The summed E-state index contributed by atoms with van der Waals surface area (Å²) in [5.41, 5.74) is 0.798. The molecule has 0 saturated heterocycles. The maximum absolute atomic E-state index is 12.4. The van der Waals surface area contributed by atoms with E-state index in [4.69, 9.17) is 0 Å². The first-order valence-corrected chi connectivity index (χ1v) is 7.56. The molecule has 3 rings (SSSR count). The predicted octanol–water partition coefficient (Wildman–Crippen LogP) is 4.96. The Bertz CT molecular complexity index is 696. The first-order valence-electron chi connectivity index (χ1n) is 5.00. The molecule has 84 valence electrons. The molecule has 0 N–H and O–H groups in total. The van der Waals surface area contributed by atoms with Gasteiger partial charge in [-0.05, 0) is 44.9 Å². The van der Waals surface area contributed by atoms with Crippen molar-refractivity contribution in [3.63, 3.8) is 0 Å². The zero-order valence-electron chi connectivity index (χ0n) is 8.64. The van der Waals surface area contributed by atoms with Crippen LogP contribution in [0.1, 0.15) is 15.2 Å². The molecule has 0 spiro atoms. The van der Waals surface area contributed by atoms with Crippen LogP contribution in [0, 0.1) is 0 Å². The molecule has 3 aromatic rings. The molecule has 2 aromatic heterocycles. The van der Waals surface area contributed by atoms with Gasteiger partial charge in [0.15, 0.2) is 0 Å². The zero-order chi connectivity index (χ0) is 11.8. The number of rotatable bonds is 2. The molecule has 0 radical (unpaired) electrons. The van der Waals surface area contributed by atoms with Crippen molar-refractivity contribution < 1.29 is 4.79 Å². The Hall–Kier alpha value is -0.970. The van der Waals surface area contributed by atoms with Gasteiger partial charge in [0.1, 0.15) is 0 Å². The molecule has 1 nitrogen and oxygen atoms in total. The maximum Gasteiger partial charge on any atom is 0.204 e.